The Morgan fingerprint density at radius 2 is 2.00 bits per heavy atom. The highest BCUT2D eigenvalue weighted by Gasteiger charge is 2.06. The number of ether oxygens (including phenoxy) is 1. The molecule has 0 bridgehead atoms. The smallest absolute Gasteiger partial charge is 0.336 e. The summed E-state index contributed by atoms with van der Waals surface area (Å²) in [5, 5.41) is 13.8. The second-order valence-electron chi connectivity index (χ2n) is 5.58. The van der Waals surface area contributed by atoms with Gasteiger partial charge in [-0.1, -0.05) is 0 Å². The Kier molecular flexibility index (Phi) is 4.98. The van der Waals surface area contributed by atoms with Gasteiger partial charge in [0, 0.05) is 17.5 Å². The van der Waals surface area contributed by atoms with Crippen molar-refractivity contribution in [3.63, 3.8) is 0 Å². The highest BCUT2D eigenvalue weighted by atomic mass is 16.5. The zero-order chi connectivity index (χ0) is 18.5. The number of rotatable bonds is 5. The van der Waals surface area contributed by atoms with Crippen LogP contribution in [-0.2, 0) is 4.79 Å². The number of phenolic OH excluding ortho intramolecular Hbond substituents is 1. The second kappa shape index (κ2) is 7.52. The van der Waals surface area contributed by atoms with Crippen molar-refractivity contribution in [2.75, 3.05) is 6.61 Å². The molecule has 1 heterocycles. The van der Waals surface area contributed by atoms with Crippen LogP contribution in [0.2, 0.25) is 0 Å². The van der Waals surface area contributed by atoms with Crippen LogP contribution in [0.1, 0.15) is 11.1 Å². The van der Waals surface area contributed by atoms with Gasteiger partial charge in [-0.05, 0) is 54.4 Å². The average Bonchev–Trinajstić information content (AvgIpc) is 2.61. The lowest BCUT2D eigenvalue weighted by Crippen LogP contribution is -2.24. The molecule has 0 unspecified atom stereocenters. The average molecular weight is 352 g/mol. The fourth-order valence-corrected chi connectivity index (χ4v) is 2.32. The van der Waals surface area contributed by atoms with Gasteiger partial charge in [-0.2, -0.15) is 5.10 Å². The number of carbonyl (C=O) groups is 1. The first-order chi connectivity index (χ1) is 12.5. The lowest BCUT2D eigenvalue weighted by molar-refractivity contribution is -0.123. The predicted molar refractivity (Wildman–Crippen MR) is 96.6 cm³/mol. The quantitative estimate of drug-likeness (QED) is 0.417. The maximum Gasteiger partial charge on any atom is 0.336 e. The van der Waals surface area contributed by atoms with Gasteiger partial charge in [-0.25, -0.2) is 10.2 Å². The standard InChI is InChI=1S/C19H16N2O5/c1-12-8-19(24)26-17-9-15(6-7-16(12)17)25-11-18(23)21-20-10-13-2-4-14(22)5-3-13/h2-10,22H,11H2,1H3,(H,21,23)/b20-10+. The van der Waals surface area contributed by atoms with Crippen molar-refractivity contribution in [3.05, 3.63) is 70.1 Å². The van der Waals surface area contributed by atoms with E-state index in [1.807, 2.05) is 6.92 Å². The molecule has 7 heteroatoms. The zero-order valence-electron chi connectivity index (χ0n) is 13.9. The van der Waals surface area contributed by atoms with E-state index in [1.165, 1.54) is 24.4 Å². The highest BCUT2D eigenvalue weighted by molar-refractivity contribution is 5.83. The number of aryl methyl sites for hydroxylation is 1. The first-order valence-corrected chi connectivity index (χ1v) is 7.79. The van der Waals surface area contributed by atoms with Gasteiger partial charge >= 0.3 is 5.63 Å². The van der Waals surface area contributed by atoms with Gasteiger partial charge in [0.2, 0.25) is 0 Å². The van der Waals surface area contributed by atoms with Crippen molar-refractivity contribution in [1.29, 1.82) is 0 Å². The van der Waals surface area contributed by atoms with Crippen LogP contribution in [-0.4, -0.2) is 23.8 Å². The molecular weight excluding hydrogens is 336 g/mol. The monoisotopic (exact) mass is 352 g/mol. The van der Waals surface area contributed by atoms with Crippen LogP contribution in [0.15, 0.2) is 62.8 Å². The van der Waals surface area contributed by atoms with E-state index in [4.69, 9.17) is 9.15 Å². The minimum atomic E-state index is -0.439. The van der Waals surface area contributed by atoms with E-state index in [9.17, 15) is 14.7 Å². The Bertz CT molecular complexity index is 1020. The van der Waals surface area contributed by atoms with E-state index in [0.717, 1.165) is 16.5 Å². The van der Waals surface area contributed by atoms with Crippen molar-refractivity contribution in [2.24, 2.45) is 5.10 Å². The third-order valence-electron chi connectivity index (χ3n) is 3.59. The van der Waals surface area contributed by atoms with E-state index in [0.29, 0.717) is 11.3 Å². The number of nitrogens with one attached hydrogen (secondary N) is 1. The SMILES string of the molecule is Cc1cc(=O)oc2cc(OCC(=O)N/N=C/c3ccc(O)cc3)ccc12. The number of carbonyl (C=O) groups excluding carboxylic acids is 1. The summed E-state index contributed by atoms with van der Waals surface area (Å²) in [6.45, 7) is 1.58. The molecule has 0 aliphatic rings. The van der Waals surface area contributed by atoms with Gasteiger partial charge in [0.05, 0.1) is 6.21 Å². The van der Waals surface area contributed by atoms with Crippen LogP contribution >= 0.6 is 0 Å². The van der Waals surface area contributed by atoms with Gasteiger partial charge in [-0.15, -0.1) is 0 Å². The number of fused-ring (bicyclic) bond motifs is 1. The fourth-order valence-electron chi connectivity index (χ4n) is 2.32. The van der Waals surface area contributed by atoms with Crippen LogP contribution in [0.4, 0.5) is 0 Å². The Hall–Kier alpha value is -3.61. The molecule has 26 heavy (non-hydrogen) atoms. The molecule has 0 aliphatic carbocycles. The molecule has 1 amide bonds. The number of hydrazone groups is 1. The summed E-state index contributed by atoms with van der Waals surface area (Å²) in [5.41, 5.74) is 3.84. The van der Waals surface area contributed by atoms with Crippen molar-refractivity contribution < 1.29 is 19.1 Å². The summed E-state index contributed by atoms with van der Waals surface area (Å²) < 4.78 is 10.5. The lowest BCUT2D eigenvalue weighted by atomic mass is 10.1. The molecule has 0 radical (unpaired) electrons. The summed E-state index contributed by atoms with van der Waals surface area (Å²) >= 11 is 0. The van der Waals surface area contributed by atoms with E-state index in [1.54, 1.807) is 30.3 Å². The highest BCUT2D eigenvalue weighted by Crippen LogP contribution is 2.22. The maximum absolute atomic E-state index is 11.8. The van der Waals surface area contributed by atoms with Crippen molar-refractivity contribution >= 4 is 23.1 Å². The fraction of sp³-hybridized carbons (Fsp3) is 0.105. The van der Waals surface area contributed by atoms with Gasteiger partial charge < -0.3 is 14.3 Å². The summed E-state index contributed by atoms with van der Waals surface area (Å²) in [5.74, 6) is 0.121. The molecule has 0 fully saturated rings. The summed E-state index contributed by atoms with van der Waals surface area (Å²) in [4.78, 5) is 23.2. The minimum absolute atomic E-state index is 0.154. The molecule has 0 aliphatic heterocycles. The third-order valence-corrected chi connectivity index (χ3v) is 3.59. The molecule has 0 saturated carbocycles. The third kappa shape index (κ3) is 4.27. The largest absolute Gasteiger partial charge is 0.508 e. The molecule has 7 nitrogen and oxygen atoms in total. The van der Waals surface area contributed by atoms with Gasteiger partial charge in [0.15, 0.2) is 6.61 Å². The van der Waals surface area contributed by atoms with E-state index in [-0.39, 0.29) is 12.4 Å². The number of phenols is 1. The van der Waals surface area contributed by atoms with Gasteiger partial charge in [-0.3, -0.25) is 4.79 Å². The normalized spacial score (nSPS) is 11.0. The van der Waals surface area contributed by atoms with Gasteiger partial charge in [0.25, 0.3) is 5.91 Å². The van der Waals surface area contributed by atoms with Crippen molar-refractivity contribution in [3.8, 4) is 11.5 Å². The number of amides is 1. The predicted octanol–water partition coefficient (Wildman–Crippen LogP) is 2.34. The first kappa shape index (κ1) is 17.2. The van der Waals surface area contributed by atoms with Crippen LogP contribution in [0.5, 0.6) is 11.5 Å². The topological polar surface area (TPSA) is 101 Å². The lowest BCUT2D eigenvalue weighted by Gasteiger charge is -2.06. The van der Waals surface area contributed by atoms with Gasteiger partial charge in [0.1, 0.15) is 17.1 Å². The number of hydrogen-bond donors (Lipinski definition) is 2. The molecular formula is C19H16N2O5. The molecule has 2 N–H and O–H groups in total. The zero-order valence-corrected chi connectivity index (χ0v) is 13.9. The maximum atomic E-state index is 11.8. The van der Waals surface area contributed by atoms with Crippen molar-refractivity contribution in [1.82, 2.24) is 5.43 Å². The number of nitrogens with zero attached hydrogens (tertiary/aromatic N) is 1. The summed E-state index contributed by atoms with van der Waals surface area (Å²) in [7, 11) is 0. The molecule has 132 valence electrons. The van der Waals surface area contributed by atoms with E-state index >= 15 is 0 Å². The van der Waals surface area contributed by atoms with Crippen LogP contribution in [0.3, 0.4) is 0 Å². The molecule has 3 aromatic rings. The minimum Gasteiger partial charge on any atom is -0.508 e. The summed E-state index contributed by atoms with van der Waals surface area (Å²) in [6, 6.07) is 12.8. The first-order valence-electron chi connectivity index (χ1n) is 7.79. The van der Waals surface area contributed by atoms with E-state index < -0.39 is 11.5 Å². The van der Waals surface area contributed by atoms with Crippen molar-refractivity contribution in [2.45, 2.75) is 6.92 Å². The number of aromatic hydroxyl groups is 1. The van der Waals surface area contributed by atoms with E-state index in [2.05, 4.69) is 10.5 Å². The van der Waals surface area contributed by atoms with Crippen LogP contribution in [0.25, 0.3) is 11.0 Å². The molecule has 2 aromatic carbocycles. The van der Waals surface area contributed by atoms with Crippen LogP contribution in [0, 0.1) is 6.92 Å². The molecule has 1 aromatic heterocycles. The summed E-state index contributed by atoms with van der Waals surface area (Å²) in [6.07, 6.45) is 1.45. The van der Waals surface area contributed by atoms with Crippen LogP contribution < -0.4 is 15.8 Å². The second-order valence-corrected chi connectivity index (χ2v) is 5.58. The molecule has 0 spiro atoms. The Morgan fingerprint density at radius 1 is 1.23 bits per heavy atom. The molecule has 3 rings (SSSR count). The Morgan fingerprint density at radius 3 is 2.77 bits per heavy atom. The number of benzene rings is 2. The Labute approximate surface area is 148 Å². The Balaban J connectivity index is 1.58. The molecule has 0 atom stereocenters. The number of hydrogen-bond acceptors (Lipinski definition) is 6. The molecule has 0 saturated heterocycles.